The van der Waals surface area contributed by atoms with Gasteiger partial charge in [-0.15, -0.1) is 11.8 Å². The van der Waals surface area contributed by atoms with Crippen molar-refractivity contribution in [1.82, 2.24) is 0 Å². The lowest BCUT2D eigenvalue weighted by molar-refractivity contribution is -0.385. The van der Waals surface area contributed by atoms with Crippen LogP contribution in [-0.4, -0.2) is 30.8 Å². The fourth-order valence-corrected chi connectivity index (χ4v) is 1.93. The highest BCUT2D eigenvalue weighted by atomic mass is 32.2. The number of non-ortho nitro benzene ring substituents is 1. The van der Waals surface area contributed by atoms with Gasteiger partial charge in [-0.25, -0.2) is 0 Å². The molecule has 0 unspecified atom stereocenters. The summed E-state index contributed by atoms with van der Waals surface area (Å²) < 4.78 is 4.50. The zero-order valence-corrected chi connectivity index (χ0v) is 10.2. The predicted octanol–water partition coefficient (Wildman–Crippen LogP) is 1.90. The standard InChI is InChI=1S/C10H12N2O4S/c1-11-7-3-8(12(14)15)5-9(4-7)17-6-10(13)16-2/h3-5,11H,6H2,1-2H3. The molecule has 0 aliphatic rings. The fraction of sp³-hybridized carbons (Fsp3) is 0.300. The third-order valence-electron chi connectivity index (χ3n) is 1.98. The molecule has 0 fully saturated rings. The molecule has 6 nitrogen and oxygen atoms in total. The molecule has 0 aliphatic heterocycles. The summed E-state index contributed by atoms with van der Waals surface area (Å²) in [5, 5.41) is 13.5. The maximum absolute atomic E-state index is 11.0. The van der Waals surface area contributed by atoms with Gasteiger partial charge in [-0.3, -0.25) is 14.9 Å². The zero-order valence-electron chi connectivity index (χ0n) is 9.43. The Hall–Kier alpha value is -1.76. The van der Waals surface area contributed by atoms with Crippen molar-refractivity contribution < 1.29 is 14.5 Å². The number of esters is 1. The van der Waals surface area contributed by atoms with Crippen molar-refractivity contribution in [1.29, 1.82) is 0 Å². The van der Waals surface area contributed by atoms with Gasteiger partial charge in [0.25, 0.3) is 5.69 Å². The summed E-state index contributed by atoms with van der Waals surface area (Å²) in [5.41, 5.74) is 0.621. The van der Waals surface area contributed by atoms with E-state index in [1.165, 1.54) is 31.0 Å². The van der Waals surface area contributed by atoms with E-state index in [2.05, 4.69) is 10.1 Å². The summed E-state index contributed by atoms with van der Waals surface area (Å²) in [7, 11) is 2.98. The number of nitrogens with one attached hydrogen (secondary N) is 1. The van der Waals surface area contributed by atoms with E-state index in [9.17, 15) is 14.9 Å². The number of nitrogens with zero attached hydrogens (tertiary/aromatic N) is 1. The SMILES string of the molecule is CNc1cc(SCC(=O)OC)cc([N+](=O)[O-])c1. The average Bonchev–Trinajstić information content (AvgIpc) is 2.35. The molecule has 17 heavy (non-hydrogen) atoms. The van der Waals surface area contributed by atoms with Crippen molar-refractivity contribution >= 4 is 29.1 Å². The first-order valence-corrected chi connectivity index (χ1v) is 5.72. The first kappa shape index (κ1) is 13.3. The first-order valence-electron chi connectivity index (χ1n) is 4.73. The molecule has 0 atom stereocenters. The van der Waals surface area contributed by atoms with Gasteiger partial charge in [0.2, 0.25) is 0 Å². The molecule has 0 aromatic heterocycles. The molecule has 0 aliphatic carbocycles. The molecule has 7 heteroatoms. The van der Waals surface area contributed by atoms with E-state index < -0.39 is 4.92 Å². The Kier molecular flexibility index (Phi) is 4.77. The summed E-state index contributed by atoms with van der Waals surface area (Å²) >= 11 is 1.20. The third kappa shape index (κ3) is 3.95. The van der Waals surface area contributed by atoms with Crippen LogP contribution in [0.15, 0.2) is 23.1 Å². The molecule has 1 aromatic carbocycles. The topological polar surface area (TPSA) is 81.5 Å². The quantitative estimate of drug-likeness (QED) is 0.375. The number of rotatable bonds is 5. The van der Waals surface area contributed by atoms with Gasteiger partial charge < -0.3 is 10.1 Å². The number of hydrogen-bond donors (Lipinski definition) is 1. The van der Waals surface area contributed by atoms with E-state index in [4.69, 9.17) is 0 Å². The molecule has 0 saturated heterocycles. The smallest absolute Gasteiger partial charge is 0.315 e. The van der Waals surface area contributed by atoms with Gasteiger partial charge in [0.1, 0.15) is 0 Å². The van der Waals surface area contributed by atoms with Crippen molar-refractivity contribution in [3.8, 4) is 0 Å². The Morgan fingerprint density at radius 3 is 2.76 bits per heavy atom. The maximum Gasteiger partial charge on any atom is 0.315 e. The van der Waals surface area contributed by atoms with Crippen LogP contribution in [0.1, 0.15) is 0 Å². The Labute approximate surface area is 102 Å². The summed E-state index contributed by atoms with van der Waals surface area (Å²) in [6.45, 7) is 0. The Bertz CT molecular complexity index is 436. The van der Waals surface area contributed by atoms with Crippen molar-refractivity contribution in [2.24, 2.45) is 0 Å². The first-order chi connectivity index (χ1) is 8.06. The summed E-state index contributed by atoms with van der Waals surface area (Å²) in [5.74, 6) is -0.242. The van der Waals surface area contributed by atoms with Crippen LogP contribution in [-0.2, 0) is 9.53 Å². The molecule has 0 amide bonds. The molecular weight excluding hydrogens is 244 g/mol. The monoisotopic (exact) mass is 256 g/mol. The van der Waals surface area contributed by atoms with Crippen molar-refractivity contribution in [2.45, 2.75) is 4.90 Å². The number of nitro groups is 1. The zero-order chi connectivity index (χ0) is 12.8. The minimum absolute atomic E-state index is 0.00999. The third-order valence-corrected chi connectivity index (χ3v) is 2.92. The lowest BCUT2D eigenvalue weighted by Crippen LogP contribution is -2.03. The summed E-state index contributed by atoms with van der Waals surface area (Å²) in [6, 6.07) is 4.59. The van der Waals surface area contributed by atoms with E-state index in [0.29, 0.717) is 10.6 Å². The summed E-state index contributed by atoms with van der Waals surface area (Å²) in [4.78, 5) is 21.8. The van der Waals surface area contributed by atoms with Crippen molar-refractivity contribution in [3.05, 3.63) is 28.3 Å². The van der Waals surface area contributed by atoms with Gasteiger partial charge in [0.05, 0.1) is 17.8 Å². The summed E-state index contributed by atoms with van der Waals surface area (Å²) in [6.07, 6.45) is 0. The molecule has 1 aromatic rings. The normalized spacial score (nSPS) is 9.76. The molecule has 1 rings (SSSR count). The lowest BCUT2D eigenvalue weighted by atomic mass is 10.3. The molecule has 0 radical (unpaired) electrons. The van der Waals surface area contributed by atoms with Crippen LogP contribution in [0, 0.1) is 10.1 Å². The minimum atomic E-state index is -0.469. The number of benzene rings is 1. The lowest BCUT2D eigenvalue weighted by Gasteiger charge is -2.04. The van der Waals surface area contributed by atoms with E-state index in [1.807, 2.05) is 0 Å². The predicted molar refractivity (Wildman–Crippen MR) is 65.4 cm³/mol. The van der Waals surface area contributed by atoms with E-state index >= 15 is 0 Å². The molecule has 0 heterocycles. The van der Waals surface area contributed by atoms with Gasteiger partial charge in [-0.05, 0) is 6.07 Å². The Balaban J connectivity index is 2.87. The molecule has 0 saturated carbocycles. The van der Waals surface area contributed by atoms with Gasteiger partial charge in [-0.2, -0.15) is 0 Å². The number of ether oxygens (including phenoxy) is 1. The number of nitro benzene ring substituents is 1. The van der Waals surface area contributed by atoms with Crippen LogP contribution in [0.2, 0.25) is 0 Å². The van der Waals surface area contributed by atoms with E-state index in [0.717, 1.165) is 0 Å². The Morgan fingerprint density at radius 1 is 1.53 bits per heavy atom. The van der Waals surface area contributed by atoms with Gasteiger partial charge in [-0.1, -0.05) is 0 Å². The highest BCUT2D eigenvalue weighted by Crippen LogP contribution is 2.27. The van der Waals surface area contributed by atoms with Crippen LogP contribution in [0.5, 0.6) is 0 Å². The average molecular weight is 256 g/mol. The fourth-order valence-electron chi connectivity index (χ4n) is 1.12. The number of anilines is 1. The van der Waals surface area contributed by atoms with Gasteiger partial charge in [0, 0.05) is 29.8 Å². The van der Waals surface area contributed by atoms with E-state index in [1.54, 1.807) is 13.1 Å². The maximum atomic E-state index is 11.0. The largest absolute Gasteiger partial charge is 0.468 e. The minimum Gasteiger partial charge on any atom is -0.468 e. The number of hydrogen-bond acceptors (Lipinski definition) is 6. The highest BCUT2D eigenvalue weighted by molar-refractivity contribution is 8.00. The number of methoxy groups -OCH3 is 1. The van der Waals surface area contributed by atoms with Crippen molar-refractivity contribution in [3.63, 3.8) is 0 Å². The second-order valence-electron chi connectivity index (χ2n) is 3.09. The Morgan fingerprint density at radius 2 is 2.24 bits per heavy atom. The number of thioether (sulfide) groups is 1. The number of carbonyl (C=O) groups is 1. The molecule has 1 N–H and O–H groups in total. The second kappa shape index (κ2) is 6.09. The van der Waals surface area contributed by atoms with Gasteiger partial charge >= 0.3 is 5.97 Å². The molecule has 92 valence electrons. The second-order valence-corrected chi connectivity index (χ2v) is 4.14. The van der Waals surface area contributed by atoms with Gasteiger partial charge in [0.15, 0.2) is 0 Å². The van der Waals surface area contributed by atoms with Crippen molar-refractivity contribution in [2.75, 3.05) is 25.2 Å². The van der Waals surface area contributed by atoms with Crippen LogP contribution in [0.25, 0.3) is 0 Å². The van der Waals surface area contributed by atoms with Crippen LogP contribution < -0.4 is 5.32 Å². The van der Waals surface area contributed by atoms with Crippen LogP contribution in [0.4, 0.5) is 11.4 Å². The van der Waals surface area contributed by atoms with Crippen LogP contribution >= 0.6 is 11.8 Å². The molecular formula is C10H12N2O4S. The van der Waals surface area contributed by atoms with Crippen LogP contribution in [0.3, 0.4) is 0 Å². The molecule has 0 spiro atoms. The van der Waals surface area contributed by atoms with E-state index in [-0.39, 0.29) is 17.4 Å². The number of carbonyl (C=O) groups excluding carboxylic acids is 1. The molecule has 0 bridgehead atoms. The highest BCUT2D eigenvalue weighted by Gasteiger charge is 2.10.